The van der Waals surface area contributed by atoms with E-state index in [4.69, 9.17) is 4.74 Å². The van der Waals surface area contributed by atoms with Gasteiger partial charge in [0.25, 0.3) is 5.91 Å². The number of para-hydroxylation sites is 1. The molecule has 0 aliphatic carbocycles. The largest absolute Gasteiger partial charge is 0.394 e. The van der Waals surface area contributed by atoms with Crippen molar-refractivity contribution in [1.82, 2.24) is 4.90 Å². The second-order valence-electron chi connectivity index (χ2n) is 13.1. The molecule has 0 unspecified atom stereocenters. The first-order chi connectivity index (χ1) is 22.0. The van der Waals surface area contributed by atoms with Crippen molar-refractivity contribution in [2.45, 2.75) is 69.1 Å². The van der Waals surface area contributed by atoms with E-state index in [1.165, 1.54) is 0 Å². The molecule has 3 aliphatic rings. The highest BCUT2D eigenvalue weighted by atomic mass is 79.9. The van der Waals surface area contributed by atoms with Crippen molar-refractivity contribution in [2.75, 3.05) is 23.0 Å². The molecule has 0 aromatic heterocycles. The summed E-state index contributed by atoms with van der Waals surface area (Å²) in [5.74, 6) is -1.01. The lowest BCUT2D eigenvalue weighted by Crippen LogP contribution is -2.45. The van der Waals surface area contributed by atoms with Gasteiger partial charge in [-0.05, 0) is 74.0 Å². The molecule has 0 radical (unpaired) electrons. The van der Waals surface area contributed by atoms with Gasteiger partial charge in [-0.3, -0.25) is 19.3 Å². The van der Waals surface area contributed by atoms with Crippen LogP contribution in [0, 0.1) is 5.92 Å². The minimum absolute atomic E-state index is 0.0483. The number of carbonyl (C=O) groups is 3. The van der Waals surface area contributed by atoms with Crippen molar-refractivity contribution < 1.29 is 28.3 Å². The number of ether oxygens (including phenoxy) is 1. The summed E-state index contributed by atoms with van der Waals surface area (Å²) in [5, 5.41) is 9.82. The summed E-state index contributed by atoms with van der Waals surface area (Å²) >= 11 is 3.57. The Morgan fingerprint density at radius 2 is 1.87 bits per heavy atom. The third-order valence-electron chi connectivity index (χ3n) is 9.88. The van der Waals surface area contributed by atoms with Gasteiger partial charge in [0.05, 0.1) is 37.4 Å². The molecule has 3 aliphatic heterocycles. The number of rotatable bonds is 9. The van der Waals surface area contributed by atoms with E-state index in [-0.39, 0.29) is 37.4 Å². The average molecular weight is 709 g/mol. The Hall–Kier alpha value is -3.38. The van der Waals surface area contributed by atoms with Crippen LogP contribution in [0.4, 0.5) is 21.2 Å². The van der Waals surface area contributed by atoms with E-state index in [0.717, 1.165) is 35.0 Å². The molecule has 2 fully saturated rings. The zero-order valence-electron chi connectivity index (χ0n) is 26.2. The molecule has 8 nitrogen and oxygen atoms in total. The molecule has 3 amide bonds. The molecule has 242 valence electrons. The molecule has 0 bridgehead atoms. The Morgan fingerprint density at radius 3 is 2.57 bits per heavy atom. The van der Waals surface area contributed by atoms with Gasteiger partial charge in [0.2, 0.25) is 20.7 Å². The number of fused-ring (bicyclic) bond motifs is 2. The lowest BCUT2D eigenvalue weighted by molar-refractivity contribution is -0.150. The molecular weight excluding hydrogens is 669 g/mol. The van der Waals surface area contributed by atoms with Crippen molar-refractivity contribution in [3.05, 3.63) is 88.4 Å². The van der Waals surface area contributed by atoms with Crippen LogP contribution >= 0.6 is 15.9 Å². The highest BCUT2D eigenvalue weighted by Crippen LogP contribution is 2.60. The van der Waals surface area contributed by atoms with Gasteiger partial charge in [-0.25, -0.2) is 0 Å². The predicted molar refractivity (Wildman–Crippen MR) is 181 cm³/mol. The van der Waals surface area contributed by atoms with Crippen molar-refractivity contribution in [3.63, 3.8) is 0 Å². The average Bonchev–Trinajstić information content (AvgIpc) is 3.69. The van der Waals surface area contributed by atoms with E-state index in [1.807, 2.05) is 79.7 Å². The Labute approximate surface area is 278 Å². The number of benzene rings is 3. The van der Waals surface area contributed by atoms with Crippen LogP contribution in [0.2, 0.25) is 18.6 Å². The number of amides is 3. The fraction of sp³-hybridized carbons (Fsp3) is 0.400. The van der Waals surface area contributed by atoms with Gasteiger partial charge in [-0.1, -0.05) is 53.2 Å². The SMILES string of the molecule is C[C@H]1[C@H]([Si](C)(C)F)[C@@H](CC(=O)N2CCC[C@H]2CO)O[C@]12C(=O)N(Cc1cccc(N(C=O)c3ccccc3)c1)c1ccc(Br)cc12. The number of aliphatic hydroxyl groups excluding tert-OH is 1. The summed E-state index contributed by atoms with van der Waals surface area (Å²) in [6, 6.07) is 22.2. The number of nitrogens with zero attached hydrogens (tertiary/aromatic N) is 3. The normalized spacial score (nSPS) is 25.7. The molecule has 1 N–H and O–H groups in total. The molecule has 1 spiro atoms. The first kappa shape index (κ1) is 32.6. The smallest absolute Gasteiger partial charge is 0.264 e. The number of halogens is 2. The summed E-state index contributed by atoms with van der Waals surface area (Å²) in [7, 11) is -3.46. The van der Waals surface area contributed by atoms with E-state index in [1.54, 1.807) is 27.8 Å². The van der Waals surface area contributed by atoms with Gasteiger partial charge in [0.15, 0.2) is 5.60 Å². The maximum atomic E-state index is 16.2. The number of aliphatic hydroxyl groups is 1. The van der Waals surface area contributed by atoms with Crippen LogP contribution < -0.4 is 9.80 Å². The molecule has 3 aromatic rings. The predicted octanol–water partition coefficient (Wildman–Crippen LogP) is 6.44. The third kappa shape index (κ3) is 5.61. The van der Waals surface area contributed by atoms with Crippen LogP contribution in [-0.2, 0) is 31.3 Å². The molecule has 5 atom stereocenters. The summed E-state index contributed by atoms with van der Waals surface area (Å²) in [5.41, 5.74) is 1.43. The first-order valence-electron chi connectivity index (χ1n) is 15.8. The van der Waals surface area contributed by atoms with E-state index < -0.39 is 31.6 Å². The molecule has 0 saturated carbocycles. The van der Waals surface area contributed by atoms with Crippen molar-refractivity contribution in [1.29, 1.82) is 0 Å². The highest BCUT2D eigenvalue weighted by molar-refractivity contribution is 9.10. The Bertz CT molecular complexity index is 1640. The number of hydrogen-bond acceptors (Lipinski definition) is 5. The summed E-state index contributed by atoms with van der Waals surface area (Å²) in [6.45, 7) is 5.76. The Morgan fingerprint density at radius 1 is 1.13 bits per heavy atom. The molecule has 3 aromatic carbocycles. The lowest BCUT2D eigenvalue weighted by atomic mass is 9.82. The number of carbonyl (C=O) groups excluding carboxylic acids is 3. The fourth-order valence-corrected chi connectivity index (χ4v) is 10.7. The van der Waals surface area contributed by atoms with Crippen LogP contribution in [0.5, 0.6) is 0 Å². The monoisotopic (exact) mass is 707 g/mol. The summed E-state index contributed by atoms with van der Waals surface area (Å²) in [6.07, 6.45) is 1.46. The quantitative estimate of drug-likeness (QED) is 0.157. The molecule has 6 rings (SSSR count). The van der Waals surface area contributed by atoms with Gasteiger partial charge >= 0.3 is 0 Å². The van der Waals surface area contributed by atoms with E-state index in [9.17, 15) is 19.5 Å². The van der Waals surface area contributed by atoms with E-state index in [2.05, 4.69) is 15.9 Å². The van der Waals surface area contributed by atoms with Crippen molar-refractivity contribution in [3.8, 4) is 0 Å². The second kappa shape index (κ2) is 12.7. The number of hydrogen-bond donors (Lipinski definition) is 1. The minimum Gasteiger partial charge on any atom is -0.394 e. The van der Waals surface area contributed by atoms with Gasteiger partial charge < -0.3 is 23.8 Å². The molecule has 46 heavy (non-hydrogen) atoms. The topological polar surface area (TPSA) is 90.4 Å². The zero-order chi connectivity index (χ0) is 32.8. The zero-order valence-corrected chi connectivity index (χ0v) is 28.8. The van der Waals surface area contributed by atoms with Crippen LogP contribution in [0.15, 0.2) is 77.3 Å². The molecular formula is C35H39BrFN3O5Si. The van der Waals surface area contributed by atoms with Gasteiger partial charge in [0, 0.05) is 39.4 Å². The Balaban J connectivity index is 1.35. The van der Waals surface area contributed by atoms with E-state index >= 15 is 4.11 Å². The van der Waals surface area contributed by atoms with Crippen LogP contribution in [0.3, 0.4) is 0 Å². The van der Waals surface area contributed by atoms with Crippen LogP contribution in [-0.4, -0.2) is 61.9 Å². The minimum atomic E-state index is -3.46. The molecule has 2 saturated heterocycles. The Kier molecular flexibility index (Phi) is 8.97. The third-order valence-corrected chi connectivity index (χ3v) is 12.8. The van der Waals surface area contributed by atoms with Crippen molar-refractivity contribution >= 4 is 59.6 Å². The van der Waals surface area contributed by atoms with Crippen molar-refractivity contribution in [2.24, 2.45) is 5.92 Å². The lowest BCUT2D eigenvalue weighted by Gasteiger charge is -2.31. The summed E-state index contributed by atoms with van der Waals surface area (Å²) < 4.78 is 23.8. The second-order valence-corrected chi connectivity index (χ2v) is 17.8. The van der Waals surface area contributed by atoms with E-state index in [0.29, 0.717) is 23.5 Å². The standard InChI is InChI=1S/C35H39BrFN3O5Si/c1-23-33(46(2,3)37)31(19-32(43)38-16-8-13-28(38)21-41)45-35(23)29-18-25(36)14-15-30(29)39(34(35)44)20-24-9-7-12-27(17-24)40(22-42)26-10-5-4-6-11-26/h4-7,9-12,14-15,17-18,22-23,28,31,33,41H,8,13,16,19-21H2,1-3H3/t23-,28-,31+,33-,35+/m0/s1. The van der Waals surface area contributed by atoms with Gasteiger partial charge in [-0.15, -0.1) is 0 Å². The molecule has 11 heteroatoms. The summed E-state index contributed by atoms with van der Waals surface area (Å²) in [4.78, 5) is 45.3. The maximum absolute atomic E-state index is 16.2. The fourth-order valence-electron chi connectivity index (χ4n) is 7.87. The van der Waals surface area contributed by atoms with Gasteiger partial charge in [-0.2, -0.15) is 0 Å². The number of anilines is 3. The highest BCUT2D eigenvalue weighted by Gasteiger charge is 2.67. The maximum Gasteiger partial charge on any atom is 0.264 e. The molecule has 3 heterocycles. The van der Waals surface area contributed by atoms with Crippen LogP contribution in [0.25, 0.3) is 0 Å². The first-order valence-corrected chi connectivity index (χ1v) is 19.5. The van der Waals surface area contributed by atoms with Gasteiger partial charge in [0.1, 0.15) is 0 Å². The number of likely N-dealkylation sites (tertiary alicyclic amines) is 1. The van der Waals surface area contributed by atoms with Crippen LogP contribution in [0.1, 0.15) is 37.3 Å².